The molecule has 2 heteroatoms. The molecule has 0 heterocycles. The van der Waals surface area contributed by atoms with Gasteiger partial charge in [0.2, 0.25) is 0 Å². The minimum atomic E-state index is 0.425. The highest BCUT2D eigenvalue weighted by Crippen LogP contribution is 2.39. The first kappa shape index (κ1) is 6.05. The Morgan fingerprint density at radius 1 is 1.62 bits per heavy atom. The molecule has 0 atom stereocenters. The van der Waals surface area contributed by atoms with E-state index in [1.807, 2.05) is 0 Å². The molecule has 48 valence electrons. The Kier molecular flexibility index (Phi) is 1.54. The first-order chi connectivity index (χ1) is 3.77. The minimum Gasteiger partial charge on any atom is -0.304 e. The third-order valence-corrected chi connectivity index (χ3v) is 1.99. The van der Waals surface area contributed by atoms with Gasteiger partial charge in [-0.1, -0.05) is 13.3 Å². The minimum absolute atomic E-state index is 0.425. The highest BCUT2D eigenvalue weighted by Gasteiger charge is 2.31. The Morgan fingerprint density at radius 3 is 2.38 bits per heavy atom. The Labute approximate surface area is 50.0 Å². The lowest BCUT2D eigenvalue weighted by atomic mass is 9.71. The molecule has 1 rings (SSSR count). The van der Waals surface area contributed by atoms with Crippen LogP contribution in [0.4, 0.5) is 0 Å². The van der Waals surface area contributed by atoms with Crippen LogP contribution in [0.25, 0.3) is 0 Å². The van der Waals surface area contributed by atoms with Gasteiger partial charge in [0.05, 0.1) is 6.61 Å². The van der Waals surface area contributed by atoms with E-state index in [4.69, 9.17) is 5.90 Å². The van der Waals surface area contributed by atoms with E-state index in [9.17, 15) is 0 Å². The molecule has 0 saturated heterocycles. The van der Waals surface area contributed by atoms with E-state index in [0.717, 1.165) is 6.61 Å². The van der Waals surface area contributed by atoms with Crippen LogP contribution in [-0.2, 0) is 4.84 Å². The van der Waals surface area contributed by atoms with Gasteiger partial charge in [0.15, 0.2) is 0 Å². The molecule has 1 saturated carbocycles. The van der Waals surface area contributed by atoms with Crippen LogP contribution in [0.2, 0.25) is 0 Å². The summed E-state index contributed by atoms with van der Waals surface area (Å²) >= 11 is 0. The molecule has 0 radical (unpaired) electrons. The molecule has 2 N–H and O–H groups in total. The predicted molar refractivity (Wildman–Crippen MR) is 32.1 cm³/mol. The average Bonchev–Trinajstić information content (AvgIpc) is 1.64. The lowest BCUT2D eigenvalue weighted by molar-refractivity contribution is 0.00609. The molecular weight excluding hydrogens is 102 g/mol. The molecule has 0 aromatic heterocycles. The first-order valence-corrected chi connectivity index (χ1v) is 3.09. The molecule has 0 aromatic carbocycles. The summed E-state index contributed by atoms with van der Waals surface area (Å²) in [6.07, 6.45) is 3.91. The molecule has 0 unspecified atom stereocenters. The molecule has 0 aliphatic heterocycles. The molecule has 8 heavy (non-hydrogen) atoms. The van der Waals surface area contributed by atoms with Gasteiger partial charge in [-0.05, 0) is 18.3 Å². The SMILES string of the molecule is CC1(CON)CCC1. The molecule has 1 fully saturated rings. The van der Waals surface area contributed by atoms with Crippen LogP contribution in [0.3, 0.4) is 0 Å². The largest absolute Gasteiger partial charge is 0.304 e. The Hall–Kier alpha value is -0.0800. The standard InChI is InChI=1S/C6H13NO/c1-6(5-8-7)3-2-4-6/h2-5,7H2,1H3. The monoisotopic (exact) mass is 115 g/mol. The fraction of sp³-hybridized carbons (Fsp3) is 1.00. The fourth-order valence-corrected chi connectivity index (χ4v) is 1.13. The van der Waals surface area contributed by atoms with E-state index in [1.54, 1.807) is 0 Å². The second-order valence-electron chi connectivity index (χ2n) is 2.98. The first-order valence-electron chi connectivity index (χ1n) is 3.09. The van der Waals surface area contributed by atoms with Crippen molar-refractivity contribution in [3.63, 3.8) is 0 Å². The highest BCUT2D eigenvalue weighted by atomic mass is 16.6. The van der Waals surface area contributed by atoms with E-state index in [2.05, 4.69) is 11.8 Å². The second kappa shape index (κ2) is 2.03. The molecule has 0 aromatic rings. The van der Waals surface area contributed by atoms with Crippen LogP contribution in [0, 0.1) is 5.41 Å². The molecule has 0 amide bonds. The zero-order chi connectivity index (χ0) is 6.04. The van der Waals surface area contributed by atoms with Gasteiger partial charge < -0.3 is 4.84 Å². The molecule has 2 nitrogen and oxygen atoms in total. The van der Waals surface area contributed by atoms with Gasteiger partial charge in [0.25, 0.3) is 0 Å². The number of hydrogen-bond acceptors (Lipinski definition) is 2. The van der Waals surface area contributed by atoms with Crippen LogP contribution in [0.1, 0.15) is 26.2 Å². The van der Waals surface area contributed by atoms with Gasteiger partial charge >= 0.3 is 0 Å². The van der Waals surface area contributed by atoms with Crippen molar-refractivity contribution in [3.8, 4) is 0 Å². The quantitative estimate of drug-likeness (QED) is 0.546. The van der Waals surface area contributed by atoms with Gasteiger partial charge in [-0.2, -0.15) is 0 Å². The summed E-state index contributed by atoms with van der Waals surface area (Å²) in [6, 6.07) is 0. The molecule has 0 spiro atoms. The molecule has 0 bridgehead atoms. The summed E-state index contributed by atoms with van der Waals surface area (Å²) in [7, 11) is 0. The van der Waals surface area contributed by atoms with E-state index in [0.29, 0.717) is 5.41 Å². The maximum atomic E-state index is 4.92. The van der Waals surface area contributed by atoms with Gasteiger partial charge in [-0.25, -0.2) is 5.90 Å². The summed E-state index contributed by atoms with van der Waals surface area (Å²) in [4.78, 5) is 4.55. The second-order valence-corrected chi connectivity index (χ2v) is 2.98. The van der Waals surface area contributed by atoms with Crippen LogP contribution < -0.4 is 5.90 Å². The molecular formula is C6H13NO. The van der Waals surface area contributed by atoms with Crippen LogP contribution in [0.15, 0.2) is 0 Å². The van der Waals surface area contributed by atoms with Gasteiger partial charge in [-0.15, -0.1) is 0 Å². The maximum Gasteiger partial charge on any atom is 0.0732 e. The summed E-state index contributed by atoms with van der Waals surface area (Å²) in [5.74, 6) is 4.92. The summed E-state index contributed by atoms with van der Waals surface area (Å²) < 4.78 is 0. The van der Waals surface area contributed by atoms with Crippen molar-refractivity contribution in [2.45, 2.75) is 26.2 Å². The summed E-state index contributed by atoms with van der Waals surface area (Å²) in [5, 5.41) is 0. The van der Waals surface area contributed by atoms with E-state index in [1.165, 1.54) is 19.3 Å². The Morgan fingerprint density at radius 2 is 2.25 bits per heavy atom. The molecule has 1 aliphatic rings. The lowest BCUT2D eigenvalue weighted by Gasteiger charge is -2.36. The van der Waals surface area contributed by atoms with Crippen molar-refractivity contribution in [2.24, 2.45) is 11.3 Å². The van der Waals surface area contributed by atoms with E-state index < -0.39 is 0 Å². The predicted octanol–water partition coefficient (Wildman–Crippen LogP) is 1.07. The lowest BCUT2D eigenvalue weighted by Crippen LogP contribution is -2.32. The van der Waals surface area contributed by atoms with Crippen molar-refractivity contribution in [2.75, 3.05) is 6.61 Å². The zero-order valence-corrected chi connectivity index (χ0v) is 5.31. The number of rotatable bonds is 2. The van der Waals surface area contributed by atoms with Crippen LogP contribution in [-0.4, -0.2) is 6.61 Å². The third kappa shape index (κ3) is 1.01. The smallest absolute Gasteiger partial charge is 0.0732 e. The van der Waals surface area contributed by atoms with Gasteiger partial charge in [0, 0.05) is 0 Å². The number of hydrogen-bond donors (Lipinski definition) is 1. The van der Waals surface area contributed by atoms with Crippen LogP contribution >= 0.6 is 0 Å². The zero-order valence-electron chi connectivity index (χ0n) is 5.31. The van der Waals surface area contributed by atoms with Gasteiger partial charge in [0.1, 0.15) is 0 Å². The average molecular weight is 115 g/mol. The highest BCUT2D eigenvalue weighted by molar-refractivity contribution is 4.82. The Balaban J connectivity index is 2.20. The van der Waals surface area contributed by atoms with Crippen molar-refractivity contribution < 1.29 is 4.84 Å². The van der Waals surface area contributed by atoms with Crippen molar-refractivity contribution >= 4 is 0 Å². The van der Waals surface area contributed by atoms with E-state index >= 15 is 0 Å². The Bertz CT molecular complexity index is 78.6. The van der Waals surface area contributed by atoms with Gasteiger partial charge in [-0.3, -0.25) is 0 Å². The number of nitrogens with two attached hydrogens (primary N) is 1. The normalized spacial score (nSPS) is 24.8. The van der Waals surface area contributed by atoms with E-state index in [-0.39, 0.29) is 0 Å². The van der Waals surface area contributed by atoms with Crippen molar-refractivity contribution in [1.82, 2.24) is 0 Å². The van der Waals surface area contributed by atoms with Crippen molar-refractivity contribution in [1.29, 1.82) is 0 Å². The van der Waals surface area contributed by atoms with Crippen molar-refractivity contribution in [3.05, 3.63) is 0 Å². The molecule has 1 aliphatic carbocycles. The maximum absolute atomic E-state index is 4.92. The third-order valence-electron chi connectivity index (χ3n) is 1.99. The van der Waals surface area contributed by atoms with Crippen LogP contribution in [0.5, 0.6) is 0 Å². The summed E-state index contributed by atoms with van der Waals surface area (Å²) in [6.45, 7) is 2.94. The fourth-order valence-electron chi connectivity index (χ4n) is 1.13. The summed E-state index contributed by atoms with van der Waals surface area (Å²) in [5.41, 5.74) is 0.425. The topological polar surface area (TPSA) is 35.2 Å².